The van der Waals surface area contributed by atoms with E-state index < -0.39 is 5.54 Å². The van der Waals surface area contributed by atoms with Gasteiger partial charge in [0.1, 0.15) is 11.3 Å². The molecule has 3 rings (SSSR count). The van der Waals surface area contributed by atoms with Crippen LogP contribution in [0.4, 0.5) is 5.82 Å². The number of aromatic nitrogens is 3. The van der Waals surface area contributed by atoms with E-state index in [-0.39, 0.29) is 30.4 Å². The molecule has 174 valence electrons. The number of amides is 2. The highest BCUT2D eigenvalue weighted by Crippen LogP contribution is 2.26. The summed E-state index contributed by atoms with van der Waals surface area (Å²) in [5.74, 6) is 0.489. The Labute approximate surface area is 188 Å². The van der Waals surface area contributed by atoms with Crippen LogP contribution in [-0.4, -0.2) is 74.6 Å². The van der Waals surface area contributed by atoms with Gasteiger partial charge in [-0.25, -0.2) is 9.97 Å². The molecular formula is C23H34N6O3. The van der Waals surface area contributed by atoms with Crippen LogP contribution in [0.15, 0.2) is 25.0 Å². The monoisotopic (exact) mass is 442 g/mol. The van der Waals surface area contributed by atoms with Crippen LogP contribution in [0.3, 0.4) is 0 Å². The maximum absolute atomic E-state index is 13.0. The molecule has 1 aliphatic heterocycles. The molecule has 0 radical (unpaired) electrons. The summed E-state index contributed by atoms with van der Waals surface area (Å²) in [5.41, 5.74) is 1.02. The predicted molar refractivity (Wildman–Crippen MR) is 125 cm³/mol. The molecule has 3 N–H and O–H groups in total. The highest BCUT2D eigenvalue weighted by atomic mass is 16.3. The zero-order valence-electron chi connectivity index (χ0n) is 19.4. The van der Waals surface area contributed by atoms with Gasteiger partial charge in [-0.05, 0) is 25.8 Å². The summed E-state index contributed by atoms with van der Waals surface area (Å²) in [6.07, 6.45) is 6.37. The number of nitrogens with zero attached hydrogens (tertiary/aromatic N) is 4. The molecule has 1 fully saturated rings. The Hall–Kier alpha value is -2.94. The molecule has 1 atom stereocenters. The summed E-state index contributed by atoms with van der Waals surface area (Å²) in [6.45, 7) is 13.3. The van der Waals surface area contributed by atoms with E-state index in [1.54, 1.807) is 12.4 Å². The fourth-order valence-corrected chi connectivity index (χ4v) is 4.49. The molecular weight excluding hydrogens is 408 g/mol. The standard InChI is InChI=1S/C23H34N6O3/c1-6-15(7-2)17(13-30)26-22(32)16-11-24-21-20(16)27-18(12-25-21)28-9-10-29(19(31)8-3)23(4,5)14-28/h8,11-12,15,17,30H,3,6-7,9-10,13-14H2,1-2,4-5H3,(H,24,25)(H,26,32)/t17-/m1/s1. The molecule has 0 saturated carbocycles. The largest absolute Gasteiger partial charge is 0.394 e. The van der Waals surface area contributed by atoms with E-state index >= 15 is 0 Å². The van der Waals surface area contributed by atoms with Crippen LogP contribution in [0.1, 0.15) is 50.9 Å². The van der Waals surface area contributed by atoms with Gasteiger partial charge in [0.25, 0.3) is 5.91 Å². The third-order valence-corrected chi connectivity index (χ3v) is 6.41. The maximum atomic E-state index is 13.0. The van der Waals surface area contributed by atoms with Gasteiger partial charge < -0.3 is 25.2 Å². The smallest absolute Gasteiger partial charge is 0.255 e. The molecule has 32 heavy (non-hydrogen) atoms. The fourth-order valence-electron chi connectivity index (χ4n) is 4.49. The van der Waals surface area contributed by atoms with Crippen molar-refractivity contribution in [3.63, 3.8) is 0 Å². The highest BCUT2D eigenvalue weighted by Gasteiger charge is 2.36. The first-order valence-electron chi connectivity index (χ1n) is 11.2. The number of nitrogens with one attached hydrogen (secondary N) is 2. The lowest BCUT2D eigenvalue weighted by molar-refractivity contribution is -0.131. The van der Waals surface area contributed by atoms with Gasteiger partial charge in [0, 0.05) is 25.8 Å². The number of H-pyrrole nitrogens is 1. The van der Waals surface area contributed by atoms with Crippen LogP contribution in [0.25, 0.3) is 11.2 Å². The van der Waals surface area contributed by atoms with Crippen molar-refractivity contribution in [3.05, 3.63) is 30.6 Å². The van der Waals surface area contributed by atoms with Gasteiger partial charge in [0.2, 0.25) is 5.91 Å². The number of carbonyl (C=O) groups excluding carboxylic acids is 2. The molecule has 1 saturated heterocycles. The maximum Gasteiger partial charge on any atom is 0.255 e. The zero-order chi connectivity index (χ0) is 23.5. The summed E-state index contributed by atoms with van der Waals surface area (Å²) < 4.78 is 0. The molecule has 2 aromatic heterocycles. The second-order valence-electron chi connectivity index (χ2n) is 8.89. The number of aliphatic hydroxyl groups excluding tert-OH is 1. The Morgan fingerprint density at radius 1 is 1.34 bits per heavy atom. The molecule has 9 nitrogen and oxygen atoms in total. The number of hydrogen-bond acceptors (Lipinski definition) is 6. The number of aromatic amines is 1. The predicted octanol–water partition coefficient (Wildman–Crippen LogP) is 2.10. The first-order valence-corrected chi connectivity index (χ1v) is 11.2. The van der Waals surface area contributed by atoms with E-state index in [1.165, 1.54) is 6.08 Å². The number of rotatable bonds is 8. The van der Waals surface area contributed by atoms with Crippen LogP contribution in [0.5, 0.6) is 0 Å². The minimum absolute atomic E-state index is 0.0864. The summed E-state index contributed by atoms with van der Waals surface area (Å²) in [4.78, 5) is 41.3. The zero-order valence-corrected chi connectivity index (χ0v) is 19.4. The van der Waals surface area contributed by atoms with Gasteiger partial charge >= 0.3 is 0 Å². The lowest BCUT2D eigenvalue weighted by atomic mass is 9.94. The highest BCUT2D eigenvalue weighted by molar-refractivity contribution is 6.04. The van der Waals surface area contributed by atoms with Gasteiger partial charge in [0.15, 0.2) is 5.65 Å². The summed E-state index contributed by atoms with van der Waals surface area (Å²) in [7, 11) is 0. The van der Waals surface area contributed by atoms with Gasteiger partial charge in [-0.2, -0.15) is 0 Å². The molecule has 0 aliphatic carbocycles. The minimum Gasteiger partial charge on any atom is -0.394 e. The Morgan fingerprint density at radius 3 is 2.66 bits per heavy atom. The van der Waals surface area contributed by atoms with Crippen LogP contribution in [-0.2, 0) is 4.79 Å². The molecule has 9 heteroatoms. The summed E-state index contributed by atoms with van der Waals surface area (Å²) in [5, 5.41) is 12.7. The van der Waals surface area contributed by atoms with Crippen molar-refractivity contribution < 1.29 is 14.7 Å². The third-order valence-electron chi connectivity index (χ3n) is 6.41. The van der Waals surface area contributed by atoms with E-state index in [4.69, 9.17) is 4.98 Å². The lowest BCUT2D eigenvalue weighted by Gasteiger charge is -2.47. The van der Waals surface area contributed by atoms with Gasteiger partial charge in [-0.3, -0.25) is 9.59 Å². The Balaban J connectivity index is 1.84. The number of piperazine rings is 1. The van der Waals surface area contributed by atoms with Gasteiger partial charge in [-0.1, -0.05) is 33.3 Å². The Kier molecular flexibility index (Phi) is 7.18. The first kappa shape index (κ1) is 23.7. The van der Waals surface area contributed by atoms with E-state index in [0.717, 1.165) is 12.8 Å². The summed E-state index contributed by atoms with van der Waals surface area (Å²) >= 11 is 0. The molecule has 0 spiro atoms. The van der Waals surface area contributed by atoms with Crippen LogP contribution >= 0.6 is 0 Å². The fraction of sp³-hybridized carbons (Fsp3) is 0.565. The van der Waals surface area contributed by atoms with Crippen molar-refractivity contribution in [1.82, 2.24) is 25.2 Å². The molecule has 3 heterocycles. The molecule has 1 aliphatic rings. The Bertz CT molecular complexity index is 981. The molecule has 0 aromatic carbocycles. The van der Waals surface area contributed by atoms with Crippen molar-refractivity contribution in [3.8, 4) is 0 Å². The number of aliphatic hydroxyl groups is 1. The van der Waals surface area contributed by atoms with Gasteiger partial charge in [0.05, 0.1) is 29.9 Å². The van der Waals surface area contributed by atoms with Gasteiger partial charge in [-0.15, -0.1) is 0 Å². The molecule has 2 amide bonds. The number of carbonyl (C=O) groups is 2. The van der Waals surface area contributed by atoms with Crippen LogP contribution in [0.2, 0.25) is 0 Å². The average molecular weight is 443 g/mol. The number of anilines is 1. The number of fused-ring (bicyclic) bond motifs is 1. The summed E-state index contributed by atoms with van der Waals surface area (Å²) in [6, 6.07) is -0.310. The quantitative estimate of drug-likeness (QED) is 0.540. The molecule has 0 bridgehead atoms. The molecule has 2 aromatic rings. The lowest BCUT2D eigenvalue weighted by Crippen LogP contribution is -2.61. The minimum atomic E-state index is -0.401. The van der Waals surface area contributed by atoms with E-state index in [1.807, 2.05) is 18.7 Å². The normalized spacial score (nSPS) is 16.9. The van der Waals surface area contributed by atoms with Crippen LogP contribution in [0, 0.1) is 5.92 Å². The SMILES string of the molecule is C=CC(=O)N1CCN(c2cnc3[nH]cc(C(=O)N[C@H](CO)C(CC)CC)c3n2)CC1(C)C. The third kappa shape index (κ3) is 4.62. The van der Waals surface area contributed by atoms with Crippen molar-refractivity contribution in [2.45, 2.75) is 52.1 Å². The van der Waals surface area contributed by atoms with Crippen molar-refractivity contribution in [2.24, 2.45) is 5.92 Å². The van der Waals surface area contributed by atoms with Crippen LogP contribution < -0.4 is 10.2 Å². The van der Waals surface area contributed by atoms with E-state index in [9.17, 15) is 14.7 Å². The second kappa shape index (κ2) is 9.68. The van der Waals surface area contributed by atoms with E-state index in [0.29, 0.717) is 42.2 Å². The van der Waals surface area contributed by atoms with Crippen molar-refractivity contribution in [2.75, 3.05) is 31.1 Å². The first-order chi connectivity index (χ1) is 15.2. The average Bonchev–Trinajstić information content (AvgIpc) is 3.21. The second-order valence-corrected chi connectivity index (χ2v) is 8.89. The number of hydrogen-bond donors (Lipinski definition) is 3. The topological polar surface area (TPSA) is 114 Å². The van der Waals surface area contributed by atoms with E-state index in [2.05, 4.69) is 40.6 Å². The Morgan fingerprint density at radius 2 is 2.06 bits per heavy atom. The van der Waals surface area contributed by atoms with Crippen molar-refractivity contribution in [1.29, 1.82) is 0 Å². The molecule has 0 unspecified atom stereocenters. The van der Waals surface area contributed by atoms with Crippen molar-refractivity contribution >= 4 is 28.8 Å².